The van der Waals surface area contributed by atoms with E-state index in [0.29, 0.717) is 0 Å². The molecule has 1 saturated carbocycles. The molecular weight excluding hydrogens is 228 g/mol. The minimum Gasteiger partial charge on any atom is -0.387 e. The summed E-state index contributed by atoms with van der Waals surface area (Å²) in [6.07, 6.45) is 0.744. The van der Waals surface area contributed by atoms with Crippen molar-refractivity contribution < 1.29 is 18.7 Å². The number of hydrogen-bond acceptors (Lipinski definition) is 2. The molecule has 1 unspecified atom stereocenters. The van der Waals surface area contributed by atoms with E-state index in [2.05, 4.69) is 5.32 Å². The second-order valence-corrected chi connectivity index (χ2v) is 4.21. The number of rotatable bonds is 4. The maximum atomic E-state index is 12.9. The Morgan fingerprint density at radius 3 is 2.71 bits per heavy atom. The summed E-state index contributed by atoms with van der Waals surface area (Å²) in [5, 5.41) is 12.3. The summed E-state index contributed by atoms with van der Waals surface area (Å²) in [5.74, 6) is -1.99. The third-order valence-corrected chi connectivity index (χ3v) is 2.75. The third-order valence-electron chi connectivity index (χ3n) is 2.75. The molecule has 17 heavy (non-hydrogen) atoms. The van der Waals surface area contributed by atoms with Crippen LogP contribution < -0.4 is 5.32 Å². The Morgan fingerprint density at radius 1 is 1.41 bits per heavy atom. The Balaban J connectivity index is 1.91. The van der Waals surface area contributed by atoms with Gasteiger partial charge in [0.25, 0.3) is 0 Å². The van der Waals surface area contributed by atoms with Gasteiger partial charge in [-0.05, 0) is 30.5 Å². The Morgan fingerprint density at radius 2 is 2.12 bits per heavy atom. The Kier molecular flexibility index (Phi) is 3.38. The van der Waals surface area contributed by atoms with Crippen molar-refractivity contribution in [2.45, 2.75) is 18.9 Å². The van der Waals surface area contributed by atoms with Crippen molar-refractivity contribution in [3.05, 3.63) is 35.4 Å². The van der Waals surface area contributed by atoms with Crippen molar-refractivity contribution in [2.24, 2.45) is 5.92 Å². The van der Waals surface area contributed by atoms with Crippen LogP contribution in [0.1, 0.15) is 24.5 Å². The van der Waals surface area contributed by atoms with E-state index < -0.39 is 17.7 Å². The van der Waals surface area contributed by atoms with Gasteiger partial charge in [0.15, 0.2) is 11.6 Å². The van der Waals surface area contributed by atoms with E-state index in [0.717, 1.165) is 25.0 Å². The van der Waals surface area contributed by atoms with Crippen LogP contribution >= 0.6 is 0 Å². The molecule has 1 aromatic carbocycles. The molecule has 2 rings (SSSR count). The molecule has 0 aliphatic heterocycles. The predicted molar refractivity (Wildman–Crippen MR) is 57.1 cm³/mol. The molecule has 0 bridgehead atoms. The van der Waals surface area contributed by atoms with Crippen LogP contribution in [0.5, 0.6) is 0 Å². The molecule has 1 aliphatic rings. The molecule has 3 nitrogen and oxygen atoms in total. The number of halogens is 2. The van der Waals surface area contributed by atoms with Crippen LogP contribution in [0.15, 0.2) is 18.2 Å². The van der Waals surface area contributed by atoms with Gasteiger partial charge in [-0.2, -0.15) is 0 Å². The minimum absolute atomic E-state index is 0.0143. The summed E-state index contributed by atoms with van der Waals surface area (Å²) in [5.41, 5.74) is 0.250. The Labute approximate surface area is 97.5 Å². The summed E-state index contributed by atoms with van der Waals surface area (Å²) in [6, 6.07) is 3.19. The number of aliphatic hydroxyl groups excluding tert-OH is 1. The lowest BCUT2D eigenvalue weighted by molar-refractivity contribution is -0.122. The van der Waals surface area contributed by atoms with Gasteiger partial charge in [0.1, 0.15) is 0 Å². The van der Waals surface area contributed by atoms with Crippen LogP contribution in [0.25, 0.3) is 0 Å². The number of amides is 1. The van der Waals surface area contributed by atoms with Gasteiger partial charge in [0.05, 0.1) is 6.10 Å². The Bertz CT molecular complexity index is 433. The minimum atomic E-state index is -1.02. The highest BCUT2D eigenvalue weighted by molar-refractivity contribution is 5.80. The van der Waals surface area contributed by atoms with Gasteiger partial charge in [0, 0.05) is 12.5 Å². The van der Waals surface area contributed by atoms with Gasteiger partial charge >= 0.3 is 0 Å². The first-order valence-electron chi connectivity index (χ1n) is 5.48. The lowest BCUT2D eigenvalue weighted by Gasteiger charge is -2.12. The highest BCUT2D eigenvalue weighted by Gasteiger charge is 2.29. The SMILES string of the molecule is O=C(NCC(O)c1ccc(F)c(F)c1)C1CC1. The summed E-state index contributed by atoms with van der Waals surface area (Å²) in [4.78, 5) is 11.3. The van der Waals surface area contributed by atoms with Crippen LogP contribution in [-0.2, 0) is 4.79 Å². The molecule has 0 spiro atoms. The van der Waals surface area contributed by atoms with Crippen molar-refractivity contribution in [2.75, 3.05) is 6.54 Å². The molecule has 1 aromatic rings. The number of carbonyl (C=O) groups excluding carboxylic acids is 1. The zero-order valence-corrected chi connectivity index (χ0v) is 9.12. The molecule has 0 heterocycles. The van der Waals surface area contributed by atoms with E-state index in [-0.39, 0.29) is 23.9 Å². The molecule has 0 aromatic heterocycles. The highest BCUT2D eigenvalue weighted by Crippen LogP contribution is 2.28. The molecule has 1 fully saturated rings. The van der Waals surface area contributed by atoms with Gasteiger partial charge in [-0.25, -0.2) is 8.78 Å². The normalized spacial score (nSPS) is 16.6. The van der Waals surface area contributed by atoms with Crippen molar-refractivity contribution in [3.8, 4) is 0 Å². The van der Waals surface area contributed by atoms with E-state index in [1.807, 2.05) is 0 Å². The van der Waals surface area contributed by atoms with Crippen molar-refractivity contribution in [1.29, 1.82) is 0 Å². The molecule has 0 radical (unpaired) electrons. The molecule has 1 atom stereocenters. The van der Waals surface area contributed by atoms with E-state index >= 15 is 0 Å². The second-order valence-electron chi connectivity index (χ2n) is 4.21. The number of carbonyl (C=O) groups is 1. The molecule has 5 heteroatoms. The molecule has 0 saturated heterocycles. The van der Waals surface area contributed by atoms with Gasteiger partial charge in [0.2, 0.25) is 5.91 Å². The van der Waals surface area contributed by atoms with Gasteiger partial charge < -0.3 is 10.4 Å². The number of hydrogen-bond donors (Lipinski definition) is 2. The monoisotopic (exact) mass is 241 g/mol. The maximum Gasteiger partial charge on any atom is 0.223 e. The quantitative estimate of drug-likeness (QED) is 0.839. The van der Waals surface area contributed by atoms with E-state index in [9.17, 15) is 18.7 Å². The topological polar surface area (TPSA) is 49.3 Å². The molecule has 1 aliphatic carbocycles. The average molecular weight is 241 g/mol. The van der Waals surface area contributed by atoms with E-state index in [1.54, 1.807) is 0 Å². The maximum absolute atomic E-state index is 12.9. The summed E-state index contributed by atoms with van der Waals surface area (Å²) in [6.45, 7) is 0.0143. The van der Waals surface area contributed by atoms with Crippen LogP contribution in [0.3, 0.4) is 0 Å². The molecule has 2 N–H and O–H groups in total. The first-order valence-corrected chi connectivity index (χ1v) is 5.48. The Hall–Kier alpha value is -1.49. The zero-order chi connectivity index (χ0) is 12.4. The van der Waals surface area contributed by atoms with Gasteiger partial charge in [-0.15, -0.1) is 0 Å². The first kappa shape index (κ1) is 12.0. The van der Waals surface area contributed by atoms with E-state index in [1.165, 1.54) is 6.07 Å². The van der Waals surface area contributed by atoms with Gasteiger partial charge in [-0.3, -0.25) is 4.79 Å². The lowest BCUT2D eigenvalue weighted by Crippen LogP contribution is -2.29. The summed E-state index contributed by atoms with van der Waals surface area (Å²) >= 11 is 0. The average Bonchev–Trinajstić information content (AvgIpc) is 3.13. The molecule has 1 amide bonds. The molecular formula is C12H13F2NO2. The molecule has 92 valence electrons. The number of nitrogens with one attached hydrogen (secondary N) is 1. The number of benzene rings is 1. The largest absolute Gasteiger partial charge is 0.387 e. The highest BCUT2D eigenvalue weighted by atomic mass is 19.2. The van der Waals surface area contributed by atoms with Crippen molar-refractivity contribution >= 4 is 5.91 Å². The van der Waals surface area contributed by atoms with Crippen LogP contribution in [0.4, 0.5) is 8.78 Å². The standard InChI is InChI=1S/C12H13F2NO2/c13-9-4-3-8(5-10(9)14)11(16)6-15-12(17)7-1-2-7/h3-5,7,11,16H,1-2,6H2,(H,15,17). The van der Waals surface area contributed by atoms with E-state index in [4.69, 9.17) is 0 Å². The lowest BCUT2D eigenvalue weighted by atomic mass is 10.1. The fourth-order valence-electron chi connectivity index (χ4n) is 1.52. The van der Waals surface area contributed by atoms with Crippen LogP contribution in [0, 0.1) is 17.6 Å². The first-order chi connectivity index (χ1) is 8.08. The predicted octanol–water partition coefficient (Wildman–Crippen LogP) is 1.52. The smallest absolute Gasteiger partial charge is 0.223 e. The summed E-state index contributed by atoms with van der Waals surface area (Å²) < 4.78 is 25.6. The second kappa shape index (κ2) is 4.79. The fraction of sp³-hybridized carbons (Fsp3) is 0.417. The summed E-state index contributed by atoms with van der Waals surface area (Å²) in [7, 11) is 0. The van der Waals surface area contributed by atoms with Crippen LogP contribution in [0.2, 0.25) is 0 Å². The third kappa shape index (κ3) is 3.00. The zero-order valence-electron chi connectivity index (χ0n) is 9.12. The van der Waals surface area contributed by atoms with Crippen LogP contribution in [-0.4, -0.2) is 17.6 Å². The fourth-order valence-corrected chi connectivity index (χ4v) is 1.52. The van der Waals surface area contributed by atoms with Crippen molar-refractivity contribution in [3.63, 3.8) is 0 Å². The van der Waals surface area contributed by atoms with Crippen molar-refractivity contribution in [1.82, 2.24) is 5.32 Å². The van der Waals surface area contributed by atoms with Gasteiger partial charge in [-0.1, -0.05) is 6.07 Å². The number of aliphatic hydroxyl groups is 1.